The van der Waals surface area contributed by atoms with Crippen LogP contribution in [-0.4, -0.2) is 36.0 Å². The van der Waals surface area contributed by atoms with Crippen LogP contribution in [0.2, 0.25) is 0 Å². The first-order valence-corrected chi connectivity index (χ1v) is 6.88. The SMILES string of the molecule is Cl.O=C(C1CCCC1)N1CCC2CCC(C1)N2. The number of carbonyl (C=O) groups excluding carboxylic acids is 1. The number of likely N-dealkylation sites (tertiary alicyclic amines) is 1. The van der Waals surface area contributed by atoms with Crippen molar-refractivity contribution in [1.29, 1.82) is 0 Å². The molecule has 3 aliphatic rings. The molecule has 2 saturated heterocycles. The van der Waals surface area contributed by atoms with E-state index in [1.807, 2.05) is 0 Å². The maximum Gasteiger partial charge on any atom is 0.225 e. The van der Waals surface area contributed by atoms with E-state index in [0.29, 0.717) is 23.9 Å². The smallest absolute Gasteiger partial charge is 0.225 e. The Kier molecular flexibility index (Phi) is 4.31. The predicted molar refractivity (Wildman–Crippen MR) is 70.3 cm³/mol. The van der Waals surface area contributed by atoms with Crippen molar-refractivity contribution in [2.24, 2.45) is 5.92 Å². The molecule has 98 valence electrons. The second-order valence-electron chi connectivity index (χ2n) is 5.69. The van der Waals surface area contributed by atoms with E-state index in [4.69, 9.17) is 0 Å². The second-order valence-corrected chi connectivity index (χ2v) is 5.69. The summed E-state index contributed by atoms with van der Waals surface area (Å²) in [7, 11) is 0. The zero-order chi connectivity index (χ0) is 11.0. The number of carbonyl (C=O) groups is 1. The summed E-state index contributed by atoms with van der Waals surface area (Å²) in [4.78, 5) is 14.5. The second kappa shape index (κ2) is 5.57. The highest BCUT2D eigenvalue weighted by atomic mass is 35.5. The Labute approximate surface area is 110 Å². The lowest BCUT2D eigenvalue weighted by Gasteiger charge is -2.27. The van der Waals surface area contributed by atoms with Crippen LogP contribution in [0.5, 0.6) is 0 Å². The molecule has 17 heavy (non-hydrogen) atoms. The van der Waals surface area contributed by atoms with Gasteiger partial charge in [0.2, 0.25) is 5.91 Å². The van der Waals surface area contributed by atoms with E-state index in [-0.39, 0.29) is 12.4 Å². The number of nitrogens with zero attached hydrogens (tertiary/aromatic N) is 1. The zero-order valence-corrected chi connectivity index (χ0v) is 11.2. The summed E-state index contributed by atoms with van der Waals surface area (Å²) in [5.74, 6) is 0.809. The number of amides is 1. The summed E-state index contributed by atoms with van der Waals surface area (Å²) in [6.45, 7) is 1.95. The predicted octanol–water partition coefficient (Wildman–Crippen LogP) is 1.95. The van der Waals surface area contributed by atoms with Crippen LogP contribution >= 0.6 is 12.4 Å². The molecule has 2 aliphatic heterocycles. The molecule has 2 unspecified atom stereocenters. The molecule has 0 aromatic carbocycles. The number of rotatable bonds is 1. The third-order valence-corrected chi connectivity index (χ3v) is 4.54. The number of fused-ring (bicyclic) bond motifs is 2. The first kappa shape index (κ1) is 13.2. The number of hydrogen-bond donors (Lipinski definition) is 1. The van der Waals surface area contributed by atoms with Gasteiger partial charge in [-0.05, 0) is 32.1 Å². The summed E-state index contributed by atoms with van der Waals surface area (Å²) in [5, 5.41) is 3.63. The fourth-order valence-electron chi connectivity index (χ4n) is 3.57. The molecule has 1 aliphatic carbocycles. The van der Waals surface area contributed by atoms with E-state index in [0.717, 1.165) is 32.4 Å². The third kappa shape index (κ3) is 2.76. The molecule has 2 atom stereocenters. The van der Waals surface area contributed by atoms with E-state index < -0.39 is 0 Å². The van der Waals surface area contributed by atoms with Crippen molar-refractivity contribution in [2.45, 2.75) is 57.0 Å². The van der Waals surface area contributed by atoms with Gasteiger partial charge >= 0.3 is 0 Å². The molecule has 0 spiro atoms. The third-order valence-electron chi connectivity index (χ3n) is 4.54. The number of halogens is 1. The summed E-state index contributed by atoms with van der Waals surface area (Å²) in [6.07, 6.45) is 8.53. The average molecular weight is 259 g/mol. The Hall–Kier alpha value is -0.280. The van der Waals surface area contributed by atoms with Gasteiger partial charge in [-0.15, -0.1) is 12.4 Å². The molecular formula is C13H23ClN2O. The molecule has 2 bridgehead atoms. The van der Waals surface area contributed by atoms with Crippen molar-refractivity contribution < 1.29 is 4.79 Å². The molecule has 1 amide bonds. The summed E-state index contributed by atoms with van der Waals surface area (Å²) < 4.78 is 0. The molecule has 0 aromatic heterocycles. The quantitative estimate of drug-likeness (QED) is 0.780. The Morgan fingerprint density at radius 3 is 2.47 bits per heavy atom. The van der Waals surface area contributed by atoms with Crippen molar-refractivity contribution in [1.82, 2.24) is 10.2 Å². The lowest BCUT2D eigenvalue weighted by Crippen LogP contribution is -2.41. The van der Waals surface area contributed by atoms with Crippen LogP contribution in [0.3, 0.4) is 0 Å². The molecule has 3 rings (SSSR count). The monoisotopic (exact) mass is 258 g/mol. The summed E-state index contributed by atoms with van der Waals surface area (Å²) >= 11 is 0. The summed E-state index contributed by atoms with van der Waals surface area (Å²) in [6, 6.07) is 1.27. The maximum atomic E-state index is 12.3. The normalized spacial score (nSPS) is 33.3. The Balaban J connectivity index is 0.00000108. The van der Waals surface area contributed by atoms with Gasteiger partial charge in [-0.25, -0.2) is 0 Å². The molecule has 0 radical (unpaired) electrons. The van der Waals surface area contributed by atoms with Gasteiger partial charge < -0.3 is 10.2 Å². The van der Waals surface area contributed by atoms with Crippen LogP contribution in [0.15, 0.2) is 0 Å². The maximum absolute atomic E-state index is 12.3. The highest BCUT2D eigenvalue weighted by Gasteiger charge is 2.34. The van der Waals surface area contributed by atoms with Crippen molar-refractivity contribution in [3.8, 4) is 0 Å². The largest absolute Gasteiger partial charge is 0.341 e. The first-order valence-electron chi connectivity index (χ1n) is 6.88. The van der Waals surface area contributed by atoms with Gasteiger partial charge in [0.05, 0.1) is 0 Å². The molecule has 2 heterocycles. The van der Waals surface area contributed by atoms with E-state index >= 15 is 0 Å². The van der Waals surface area contributed by atoms with Crippen molar-refractivity contribution in [2.75, 3.05) is 13.1 Å². The lowest BCUT2D eigenvalue weighted by molar-refractivity contribution is -0.135. The molecule has 3 nitrogen and oxygen atoms in total. The van der Waals surface area contributed by atoms with Crippen LogP contribution < -0.4 is 5.32 Å². The minimum Gasteiger partial charge on any atom is -0.341 e. The average Bonchev–Trinajstić information content (AvgIpc) is 2.87. The highest BCUT2D eigenvalue weighted by molar-refractivity contribution is 5.85. The molecule has 0 aromatic rings. The zero-order valence-electron chi connectivity index (χ0n) is 10.4. The van der Waals surface area contributed by atoms with Gasteiger partial charge in [-0.1, -0.05) is 12.8 Å². The fraction of sp³-hybridized carbons (Fsp3) is 0.923. The summed E-state index contributed by atoms with van der Waals surface area (Å²) in [5.41, 5.74) is 0. The molecular weight excluding hydrogens is 236 g/mol. The van der Waals surface area contributed by atoms with Gasteiger partial charge in [0, 0.05) is 31.1 Å². The minimum atomic E-state index is 0. The molecule has 3 fully saturated rings. The standard InChI is InChI=1S/C13H22N2O.ClH/c16-13(10-3-1-2-4-10)15-8-7-11-5-6-12(9-15)14-11;/h10-12,14H,1-9H2;1H. The van der Waals surface area contributed by atoms with Crippen LogP contribution in [0.4, 0.5) is 0 Å². The van der Waals surface area contributed by atoms with Crippen LogP contribution in [0, 0.1) is 5.92 Å². The van der Waals surface area contributed by atoms with Crippen LogP contribution in [0.25, 0.3) is 0 Å². The van der Waals surface area contributed by atoms with Crippen molar-refractivity contribution >= 4 is 18.3 Å². The van der Waals surface area contributed by atoms with Gasteiger partial charge in [0.25, 0.3) is 0 Å². The van der Waals surface area contributed by atoms with Gasteiger partial charge in [0.1, 0.15) is 0 Å². The number of hydrogen-bond acceptors (Lipinski definition) is 2. The fourth-order valence-corrected chi connectivity index (χ4v) is 3.57. The molecule has 1 saturated carbocycles. The van der Waals surface area contributed by atoms with E-state index in [2.05, 4.69) is 10.2 Å². The Bertz CT molecular complexity index is 279. The van der Waals surface area contributed by atoms with E-state index in [1.54, 1.807) is 0 Å². The van der Waals surface area contributed by atoms with E-state index in [1.165, 1.54) is 25.7 Å². The highest BCUT2D eigenvalue weighted by Crippen LogP contribution is 2.28. The van der Waals surface area contributed by atoms with E-state index in [9.17, 15) is 4.79 Å². The molecule has 4 heteroatoms. The van der Waals surface area contributed by atoms with Crippen molar-refractivity contribution in [3.63, 3.8) is 0 Å². The van der Waals surface area contributed by atoms with Crippen molar-refractivity contribution in [3.05, 3.63) is 0 Å². The van der Waals surface area contributed by atoms with Gasteiger partial charge in [-0.2, -0.15) is 0 Å². The lowest BCUT2D eigenvalue weighted by atomic mass is 10.0. The first-order chi connectivity index (χ1) is 7.83. The van der Waals surface area contributed by atoms with Crippen LogP contribution in [-0.2, 0) is 4.79 Å². The van der Waals surface area contributed by atoms with Gasteiger partial charge in [0.15, 0.2) is 0 Å². The topological polar surface area (TPSA) is 32.3 Å². The number of nitrogens with one attached hydrogen (secondary N) is 1. The molecule has 1 N–H and O–H groups in total. The minimum absolute atomic E-state index is 0. The Morgan fingerprint density at radius 1 is 1.00 bits per heavy atom. The Morgan fingerprint density at radius 2 is 1.71 bits per heavy atom. The van der Waals surface area contributed by atoms with Crippen LogP contribution in [0.1, 0.15) is 44.9 Å². The van der Waals surface area contributed by atoms with Gasteiger partial charge in [-0.3, -0.25) is 4.79 Å².